The third kappa shape index (κ3) is 2.73. The van der Waals surface area contributed by atoms with E-state index in [0.29, 0.717) is 6.54 Å². The van der Waals surface area contributed by atoms with Gasteiger partial charge >= 0.3 is 6.18 Å². The number of aromatic nitrogens is 6. The molecular weight excluding hydrogens is 287 g/mol. The zero-order valence-corrected chi connectivity index (χ0v) is 10.4. The molecule has 3 aromatic heterocycles. The van der Waals surface area contributed by atoms with Crippen LogP contribution in [0, 0.1) is 0 Å². The highest BCUT2D eigenvalue weighted by Gasteiger charge is 2.35. The van der Waals surface area contributed by atoms with E-state index in [1.165, 1.54) is 6.33 Å². The Hall–Kier alpha value is -2.78. The topological polar surface area (TPSA) is 92.3 Å². The third-order valence-corrected chi connectivity index (χ3v) is 2.63. The van der Waals surface area contributed by atoms with Gasteiger partial charge in [-0.25, -0.2) is 24.9 Å². The van der Waals surface area contributed by atoms with Crippen LogP contribution in [-0.2, 0) is 12.7 Å². The Balaban J connectivity index is 1.90. The molecule has 0 unspecified atom stereocenters. The maximum Gasteiger partial charge on any atom is 0.449 e. The van der Waals surface area contributed by atoms with E-state index in [2.05, 4.69) is 35.2 Å². The predicted octanol–water partition coefficient (Wildman–Crippen LogP) is 1.77. The van der Waals surface area contributed by atoms with Gasteiger partial charge in [0.15, 0.2) is 11.5 Å². The van der Waals surface area contributed by atoms with Crippen LogP contribution in [0.4, 0.5) is 19.0 Å². The summed E-state index contributed by atoms with van der Waals surface area (Å²) in [6.45, 7) is 0.313. The van der Waals surface area contributed by atoms with Gasteiger partial charge in [-0.3, -0.25) is 0 Å². The largest absolute Gasteiger partial charge is 0.449 e. The normalized spacial score (nSPS) is 11.8. The summed E-state index contributed by atoms with van der Waals surface area (Å²) in [5, 5.41) is 2.90. The van der Waals surface area contributed by atoms with Crippen LogP contribution in [0.25, 0.3) is 11.2 Å². The first-order valence-corrected chi connectivity index (χ1v) is 5.80. The standard InChI is InChI=1S/C11H8F3N7/c12-11(13,14)10-20-7-8(18-5-19-9(7)21-10)17-3-6-1-15-4-16-2-6/h1-2,4-5H,3H2,(H2,17,18,19,20,21). The second-order valence-corrected chi connectivity index (χ2v) is 4.10. The predicted molar refractivity (Wildman–Crippen MR) is 66.0 cm³/mol. The van der Waals surface area contributed by atoms with Crippen molar-refractivity contribution in [3.05, 3.63) is 36.4 Å². The van der Waals surface area contributed by atoms with Crippen LogP contribution in [-0.4, -0.2) is 29.9 Å². The Kier molecular flexibility index (Phi) is 3.12. The molecule has 0 radical (unpaired) electrons. The average molecular weight is 295 g/mol. The van der Waals surface area contributed by atoms with E-state index in [0.717, 1.165) is 11.9 Å². The van der Waals surface area contributed by atoms with E-state index in [9.17, 15) is 13.2 Å². The molecule has 10 heteroatoms. The first-order chi connectivity index (χ1) is 10.0. The number of H-pyrrole nitrogens is 1. The van der Waals surface area contributed by atoms with Crippen molar-refractivity contribution in [1.82, 2.24) is 29.9 Å². The summed E-state index contributed by atoms with van der Waals surface area (Å²) < 4.78 is 37.9. The number of imidazole rings is 1. The monoisotopic (exact) mass is 295 g/mol. The van der Waals surface area contributed by atoms with E-state index >= 15 is 0 Å². The van der Waals surface area contributed by atoms with Crippen LogP contribution < -0.4 is 5.32 Å². The molecule has 2 N–H and O–H groups in total. The molecule has 0 fully saturated rings. The summed E-state index contributed by atoms with van der Waals surface area (Å²) >= 11 is 0. The molecule has 0 aliphatic heterocycles. The fourth-order valence-electron chi connectivity index (χ4n) is 1.70. The molecule has 0 aliphatic rings. The highest BCUT2D eigenvalue weighted by molar-refractivity contribution is 5.82. The number of hydrogen-bond acceptors (Lipinski definition) is 6. The minimum atomic E-state index is -4.56. The van der Waals surface area contributed by atoms with Crippen molar-refractivity contribution in [1.29, 1.82) is 0 Å². The van der Waals surface area contributed by atoms with E-state index < -0.39 is 12.0 Å². The summed E-state index contributed by atoms with van der Waals surface area (Å²) in [6.07, 6.45) is 1.15. The van der Waals surface area contributed by atoms with Gasteiger partial charge in [0.25, 0.3) is 0 Å². The molecule has 3 rings (SSSR count). The zero-order valence-electron chi connectivity index (χ0n) is 10.4. The van der Waals surface area contributed by atoms with Crippen molar-refractivity contribution in [3.63, 3.8) is 0 Å². The van der Waals surface area contributed by atoms with Gasteiger partial charge in [0, 0.05) is 24.5 Å². The van der Waals surface area contributed by atoms with E-state index in [-0.39, 0.29) is 17.0 Å². The lowest BCUT2D eigenvalue weighted by atomic mass is 10.3. The minimum Gasteiger partial charge on any atom is -0.364 e. The molecule has 0 atom stereocenters. The Labute approximate surface area is 115 Å². The van der Waals surface area contributed by atoms with Crippen LogP contribution in [0.2, 0.25) is 0 Å². The van der Waals surface area contributed by atoms with Crippen molar-refractivity contribution in [2.45, 2.75) is 12.7 Å². The maximum atomic E-state index is 12.6. The Morgan fingerprint density at radius 1 is 1.10 bits per heavy atom. The first-order valence-electron chi connectivity index (χ1n) is 5.80. The molecule has 0 aliphatic carbocycles. The molecular formula is C11H8F3N7. The second-order valence-electron chi connectivity index (χ2n) is 4.10. The average Bonchev–Trinajstić information content (AvgIpc) is 2.91. The summed E-state index contributed by atoms with van der Waals surface area (Å²) in [5.74, 6) is -0.879. The summed E-state index contributed by atoms with van der Waals surface area (Å²) in [4.78, 5) is 20.9. The van der Waals surface area contributed by atoms with Gasteiger partial charge in [-0.15, -0.1) is 0 Å². The first kappa shape index (κ1) is 13.2. The number of hydrogen-bond donors (Lipinski definition) is 2. The lowest BCUT2D eigenvalue weighted by molar-refractivity contribution is -0.144. The number of aromatic amines is 1. The van der Waals surface area contributed by atoms with Crippen LogP contribution in [0.1, 0.15) is 11.4 Å². The number of halogens is 3. The van der Waals surface area contributed by atoms with Crippen LogP contribution in [0.3, 0.4) is 0 Å². The lowest BCUT2D eigenvalue weighted by Crippen LogP contribution is -2.07. The van der Waals surface area contributed by atoms with Gasteiger partial charge in [0.05, 0.1) is 0 Å². The van der Waals surface area contributed by atoms with Gasteiger partial charge < -0.3 is 10.3 Å². The van der Waals surface area contributed by atoms with Crippen molar-refractivity contribution in [3.8, 4) is 0 Å². The molecule has 0 saturated heterocycles. The fraction of sp³-hybridized carbons (Fsp3) is 0.182. The SMILES string of the molecule is FC(F)(F)c1nc2ncnc(NCc3cncnc3)c2[nH]1. The lowest BCUT2D eigenvalue weighted by Gasteiger charge is -2.05. The summed E-state index contributed by atoms with van der Waals surface area (Å²) in [5.41, 5.74) is 0.811. The minimum absolute atomic E-state index is 0.0517. The van der Waals surface area contributed by atoms with Crippen molar-refractivity contribution >= 4 is 17.0 Å². The van der Waals surface area contributed by atoms with Gasteiger partial charge in [-0.1, -0.05) is 0 Å². The van der Waals surface area contributed by atoms with Gasteiger partial charge in [-0.05, 0) is 0 Å². The smallest absolute Gasteiger partial charge is 0.364 e. The molecule has 3 heterocycles. The molecule has 0 saturated carbocycles. The molecule has 0 spiro atoms. The number of alkyl halides is 3. The highest BCUT2D eigenvalue weighted by Crippen LogP contribution is 2.29. The quantitative estimate of drug-likeness (QED) is 0.765. The van der Waals surface area contributed by atoms with Gasteiger partial charge in [-0.2, -0.15) is 13.2 Å². The maximum absolute atomic E-state index is 12.6. The van der Waals surface area contributed by atoms with Crippen LogP contribution in [0.5, 0.6) is 0 Å². The summed E-state index contributed by atoms with van der Waals surface area (Å²) in [6, 6.07) is 0. The van der Waals surface area contributed by atoms with E-state index in [1.54, 1.807) is 12.4 Å². The third-order valence-electron chi connectivity index (χ3n) is 2.63. The molecule has 3 aromatic rings. The van der Waals surface area contributed by atoms with Gasteiger partial charge in [0.1, 0.15) is 18.2 Å². The number of rotatable bonds is 3. The molecule has 0 aromatic carbocycles. The van der Waals surface area contributed by atoms with Crippen molar-refractivity contribution in [2.75, 3.05) is 5.32 Å². The Morgan fingerprint density at radius 2 is 1.86 bits per heavy atom. The Bertz CT molecular complexity index is 753. The van der Waals surface area contributed by atoms with E-state index in [4.69, 9.17) is 0 Å². The molecule has 108 valence electrons. The molecule has 21 heavy (non-hydrogen) atoms. The summed E-state index contributed by atoms with van der Waals surface area (Å²) in [7, 11) is 0. The second kappa shape index (κ2) is 4.96. The van der Waals surface area contributed by atoms with Crippen molar-refractivity contribution in [2.24, 2.45) is 0 Å². The molecule has 0 amide bonds. The van der Waals surface area contributed by atoms with Gasteiger partial charge in [0.2, 0.25) is 5.82 Å². The zero-order chi connectivity index (χ0) is 14.9. The molecule has 0 bridgehead atoms. The van der Waals surface area contributed by atoms with Crippen LogP contribution >= 0.6 is 0 Å². The number of nitrogens with zero attached hydrogens (tertiary/aromatic N) is 5. The number of nitrogens with one attached hydrogen (secondary N) is 2. The molecule has 7 nitrogen and oxygen atoms in total. The number of anilines is 1. The van der Waals surface area contributed by atoms with Crippen LogP contribution in [0.15, 0.2) is 25.0 Å². The van der Waals surface area contributed by atoms with Crippen molar-refractivity contribution < 1.29 is 13.2 Å². The fourth-order valence-corrected chi connectivity index (χ4v) is 1.70. The van der Waals surface area contributed by atoms with E-state index in [1.807, 2.05) is 0 Å². The highest BCUT2D eigenvalue weighted by atomic mass is 19.4. The number of fused-ring (bicyclic) bond motifs is 1. The Morgan fingerprint density at radius 3 is 2.57 bits per heavy atom.